The number of rotatable bonds is 5. The number of hydrogen-bond acceptors (Lipinski definition) is 4. The third kappa shape index (κ3) is 3.41. The predicted octanol–water partition coefficient (Wildman–Crippen LogP) is 2.25. The van der Waals surface area contributed by atoms with Crippen molar-refractivity contribution in [2.24, 2.45) is 0 Å². The van der Waals surface area contributed by atoms with E-state index >= 15 is 0 Å². The zero-order valence-corrected chi connectivity index (χ0v) is 12.4. The Morgan fingerprint density at radius 2 is 2.16 bits per heavy atom. The van der Waals surface area contributed by atoms with Gasteiger partial charge in [-0.25, -0.2) is 8.42 Å². The Bertz CT molecular complexity index is 543. The molecule has 0 heterocycles. The number of benzene rings is 1. The van der Waals surface area contributed by atoms with Crippen molar-refractivity contribution in [3.8, 4) is 5.75 Å². The summed E-state index contributed by atoms with van der Waals surface area (Å²) in [5.41, 5.74) is 0. The van der Waals surface area contributed by atoms with Gasteiger partial charge in [0.25, 0.3) is 0 Å². The number of halogens is 1. The first-order valence-electron chi connectivity index (χ1n) is 6.14. The van der Waals surface area contributed by atoms with Crippen molar-refractivity contribution < 1.29 is 17.9 Å². The summed E-state index contributed by atoms with van der Waals surface area (Å²) in [4.78, 5) is 0.250. The molecule has 19 heavy (non-hydrogen) atoms. The van der Waals surface area contributed by atoms with E-state index in [2.05, 4.69) is 0 Å². The maximum atomic E-state index is 11.5. The summed E-state index contributed by atoms with van der Waals surface area (Å²) in [6.07, 6.45) is 1.63. The average molecular weight is 305 g/mol. The maximum Gasteiger partial charge on any atom is 0.175 e. The van der Waals surface area contributed by atoms with Crippen molar-refractivity contribution in [3.05, 3.63) is 24.3 Å². The Labute approximate surface area is 118 Å². The highest BCUT2D eigenvalue weighted by Crippen LogP contribution is 2.33. The molecule has 106 valence electrons. The molecule has 0 aliphatic heterocycles. The molecule has 0 amide bonds. The normalized spacial score (nSPS) is 26.8. The lowest BCUT2D eigenvalue weighted by molar-refractivity contribution is -0.0760. The van der Waals surface area contributed by atoms with Crippen LogP contribution >= 0.6 is 11.6 Å². The smallest absolute Gasteiger partial charge is 0.175 e. The van der Waals surface area contributed by atoms with E-state index in [4.69, 9.17) is 21.1 Å². The Morgan fingerprint density at radius 3 is 2.74 bits per heavy atom. The number of ether oxygens (including phenoxy) is 2. The highest BCUT2D eigenvalue weighted by Gasteiger charge is 2.42. The molecule has 1 aromatic carbocycles. The molecule has 1 saturated carbocycles. The highest BCUT2D eigenvalue weighted by molar-refractivity contribution is 7.90. The van der Waals surface area contributed by atoms with E-state index in [0.29, 0.717) is 18.8 Å². The molecule has 0 saturated heterocycles. The fraction of sp³-hybridized carbons (Fsp3) is 0.538. The lowest BCUT2D eigenvalue weighted by Crippen LogP contribution is -2.52. The molecular weight excluding hydrogens is 288 g/mol. The first kappa shape index (κ1) is 14.6. The fourth-order valence-corrected chi connectivity index (χ4v) is 3.07. The molecule has 0 N–H and O–H groups in total. The minimum atomic E-state index is -3.22. The van der Waals surface area contributed by atoms with Gasteiger partial charge in [-0.15, -0.1) is 11.6 Å². The number of hydrogen-bond donors (Lipinski definition) is 0. The molecule has 6 heteroatoms. The monoisotopic (exact) mass is 304 g/mol. The quantitative estimate of drug-likeness (QED) is 0.783. The molecule has 3 unspecified atom stereocenters. The standard InChI is InChI=1S/C13H17ClO4S/c1-3-17-13-11(14)8-12(13)18-9-5-4-6-10(7-9)19(2,15)16/h4-7,11-13H,3,8H2,1-2H3. The molecular formula is C13H17ClO4S. The van der Waals surface area contributed by atoms with Gasteiger partial charge in [0, 0.05) is 19.3 Å². The van der Waals surface area contributed by atoms with E-state index in [1.807, 2.05) is 6.92 Å². The highest BCUT2D eigenvalue weighted by atomic mass is 35.5. The molecule has 3 atom stereocenters. The molecule has 0 aromatic heterocycles. The van der Waals surface area contributed by atoms with Gasteiger partial charge in [0.05, 0.1) is 10.3 Å². The predicted molar refractivity (Wildman–Crippen MR) is 73.6 cm³/mol. The zero-order valence-electron chi connectivity index (χ0n) is 10.9. The van der Waals surface area contributed by atoms with Gasteiger partial charge in [0.1, 0.15) is 18.0 Å². The lowest BCUT2D eigenvalue weighted by Gasteiger charge is -2.40. The SMILES string of the molecule is CCOC1C(Cl)CC1Oc1cccc(S(C)(=O)=O)c1. The summed E-state index contributed by atoms with van der Waals surface area (Å²) in [6.45, 7) is 2.49. The topological polar surface area (TPSA) is 52.6 Å². The number of alkyl halides is 1. The Balaban J connectivity index is 2.08. The van der Waals surface area contributed by atoms with Gasteiger partial charge >= 0.3 is 0 Å². The Kier molecular flexibility index (Phi) is 4.38. The van der Waals surface area contributed by atoms with E-state index in [1.54, 1.807) is 18.2 Å². The number of sulfone groups is 1. The van der Waals surface area contributed by atoms with E-state index in [-0.39, 0.29) is 22.5 Å². The molecule has 1 aliphatic rings. The van der Waals surface area contributed by atoms with Crippen LogP contribution in [0.4, 0.5) is 0 Å². The van der Waals surface area contributed by atoms with Crippen molar-refractivity contribution in [1.82, 2.24) is 0 Å². The molecule has 1 fully saturated rings. The van der Waals surface area contributed by atoms with Crippen LogP contribution in [0.25, 0.3) is 0 Å². The summed E-state index contributed by atoms with van der Waals surface area (Å²) in [5.74, 6) is 0.529. The molecule has 2 rings (SSSR count). The fourth-order valence-electron chi connectivity index (χ4n) is 2.00. The summed E-state index contributed by atoms with van der Waals surface area (Å²) < 4.78 is 34.2. The first-order chi connectivity index (χ1) is 8.91. The second-order valence-electron chi connectivity index (χ2n) is 4.57. The largest absolute Gasteiger partial charge is 0.488 e. The van der Waals surface area contributed by atoms with Crippen molar-refractivity contribution in [2.45, 2.75) is 35.8 Å². The van der Waals surface area contributed by atoms with Crippen LogP contribution in [0, 0.1) is 0 Å². The zero-order chi connectivity index (χ0) is 14.0. The van der Waals surface area contributed by atoms with Gasteiger partial charge in [-0.05, 0) is 25.1 Å². The van der Waals surface area contributed by atoms with Gasteiger partial charge in [-0.2, -0.15) is 0 Å². The molecule has 0 radical (unpaired) electrons. The van der Waals surface area contributed by atoms with Crippen LogP contribution in [0.2, 0.25) is 0 Å². The third-order valence-corrected chi connectivity index (χ3v) is 4.60. The third-order valence-electron chi connectivity index (χ3n) is 3.06. The Morgan fingerprint density at radius 1 is 1.42 bits per heavy atom. The van der Waals surface area contributed by atoms with Crippen molar-refractivity contribution >= 4 is 21.4 Å². The minimum Gasteiger partial charge on any atom is -0.488 e. The second-order valence-corrected chi connectivity index (χ2v) is 7.15. The van der Waals surface area contributed by atoms with Crippen molar-refractivity contribution in [2.75, 3.05) is 12.9 Å². The van der Waals surface area contributed by atoms with Gasteiger partial charge < -0.3 is 9.47 Å². The van der Waals surface area contributed by atoms with Crippen LogP contribution in [0.1, 0.15) is 13.3 Å². The van der Waals surface area contributed by atoms with Crippen molar-refractivity contribution in [1.29, 1.82) is 0 Å². The van der Waals surface area contributed by atoms with Crippen LogP contribution < -0.4 is 4.74 Å². The van der Waals surface area contributed by atoms with E-state index < -0.39 is 9.84 Å². The van der Waals surface area contributed by atoms with E-state index in [9.17, 15) is 8.42 Å². The van der Waals surface area contributed by atoms with Crippen LogP contribution in [-0.4, -0.2) is 38.9 Å². The summed E-state index contributed by atoms with van der Waals surface area (Å²) in [7, 11) is -3.22. The van der Waals surface area contributed by atoms with Gasteiger partial charge in [-0.1, -0.05) is 6.07 Å². The average Bonchev–Trinajstić information content (AvgIpc) is 2.35. The summed E-state index contributed by atoms with van der Waals surface area (Å²) in [6, 6.07) is 6.48. The van der Waals surface area contributed by atoms with Crippen LogP contribution in [0.15, 0.2) is 29.2 Å². The lowest BCUT2D eigenvalue weighted by atomic mass is 9.91. The summed E-state index contributed by atoms with van der Waals surface area (Å²) in [5, 5.41) is -0.0389. The molecule has 1 aromatic rings. The molecule has 0 bridgehead atoms. The molecule has 0 spiro atoms. The second kappa shape index (κ2) is 5.69. The van der Waals surface area contributed by atoms with E-state index in [1.165, 1.54) is 12.3 Å². The van der Waals surface area contributed by atoms with Crippen LogP contribution in [0.3, 0.4) is 0 Å². The minimum absolute atomic E-state index is 0.0389. The van der Waals surface area contributed by atoms with Gasteiger partial charge in [0.15, 0.2) is 9.84 Å². The summed E-state index contributed by atoms with van der Waals surface area (Å²) >= 11 is 6.06. The first-order valence-corrected chi connectivity index (χ1v) is 8.47. The van der Waals surface area contributed by atoms with Crippen molar-refractivity contribution in [3.63, 3.8) is 0 Å². The maximum absolute atomic E-state index is 11.5. The Hall–Kier alpha value is -0.780. The molecule has 1 aliphatic carbocycles. The van der Waals surface area contributed by atoms with E-state index in [0.717, 1.165) is 0 Å². The molecule has 4 nitrogen and oxygen atoms in total. The van der Waals surface area contributed by atoms with Crippen LogP contribution in [0.5, 0.6) is 5.75 Å². The van der Waals surface area contributed by atoms with Gasteiger partial charge in [0.2, 0.25) is 0 Å². The van der Waals surface area contributed by atoms with Crippen LogP contribution in [-0.2, 0) is 14.6 Å². The van der Waals surface area contributed by atoms with Gasteiger partial charge in [-0.3, -0.25) is 0 Å².